The molecule has 29 heavy (non-hydrogen) atoms. The molecule has 0 aliphatic rings. The number of carbonyl (C=O) groups is 1. The quantitative estimate of drug-likeness (QED) is 0.576. The fourth-order valence-corrected chi connectivity index (χ4v) is 3.01. The molecule has 1 aromatic heterocycles. The number of thioether (sulfide) groups is 1. The minimum Gasteiger partial charge on any atom is -0.481 e. The van der Waals surface area contributed by atoms with Crippen LogP contribution in [0.25, 0.3) is 0 Å². The van der Waals surface area contributed by atoms with Crippen molar-refractivity contribution in [2.75, 3.05) is 5.32 Å². The molecule has 3 aromatic rings. The first-order valence-corrected chi connectivity index (χ1v) is 9.56. The van der Waals surface area contributed by atoms with Crippen molar-refractivity contribution in [1.29, 1.82) is 5.26 Å². The maximum absolute atomic E-state index is 13.0. The molecule has 0 bridgehead atoms. The molecule has 3 rings (SSSR count). The van der Waals surface area contributed by atoms with Crippen LogP contribution in [0.1, 0.15) is 31.4 Å². The average Bonchev–Trinajstić information content (AvgIpc) is 3.18. The third kappa shape index (κ3) is 5.56. The molecule has 1 amide bonds. The van der Waals surface area contributed by atoms with Crippen LogP contribution in [0.2, 0.25) is 0 Å². The number of anilines is 1. The lowest BCUT2D eigenvalue weighted by molar-refractivity contribution is -0.115. The Bertz CT molecular complexity index is 1030. The summed E-state index contributed by atoms with van der Waals surface area (Å²) >= 11 is 1.10. The van der Waals surface area contributed by atoms with Crippen LogP contribution in [0.3, 0.4) is 0 Å². The molecule has 0 radical (unpaired) electrons. The van der Waals surface area contributed by atoms with Gasteiger partial charge in [-0.1, -0.05) is 17.8 Å². The number of rotatable bonds is 7. The molecule has 0 saturated carbocycles. The monoisotopic (exact) mass is 412 g/mol. The minimum atomic E-state index is -0.542. The first kappa shape index (κ1) is 20.4. The van der Waals surface area contributed by atoms with Crippen LogP contribution in [0.5, 0.6) is 5.75 Å². The molecule has 7 nitrogen and oxygen atoms in total. The van der Waals surface area contributed by atoms with Crippen molar-refractivity contribution < 1.29 is 18.3 Å². The third-order valence-corrected chi connectivity index (χ3v) is 4.74. The lowest BCUT2D eigenvalue weighted by atomic mass is 10.2. The Kier molecular flexibility index (Phi) is 6.46. The summed E-state index contributed by atoms with van der Waals surface area (Å²) in [6.07, 6.45) is -0.542. The molecule has 0 saturated heterocycles. The zero-order chi connectivity index (χ0) is 20.8. The molecule has 0 aliphatic heterocycles. The van der Waals surface area contributed by atoms with Crippen molar-refractivity contribution in [1.82, 2.24) is 10.2 Å². The van der Waals surface area contributed by atoms with Crippen molar-refractivity contribution in [3.8, 4) is 11.8 Å². The second-order valence-electron chi connectivity index (χ2n) is 6.06. The van der Waals surface area contributed by atoms with E-state index in [1.54, 1.807) is 38.1 Å². The number of hydrogen-bond donors (Lipinski definition) is 1. The Morgan fingerprint density at radius 3 is 2.72 bits per heavy atom. The van der Waals surface area contributed by atoms with Crippen LogP contribution in [-0.2, 0) is 4.79 Å². The van der Waals surface area contributed by atoms with Gasteiger partial charge in [0.1, 0.15) is 11.6 Å². The highest BCUT2D eigenvalue weighted by Gasteiger charge is 2.21. The zero-order valence-electron chi connectivity index (χ0n) is 15.6. The summed E-state index contributed by atoms with van der Waals surface area (Å²) in [7, 11) is 0. The van der Waals surface area contributed by atoms with E-state index in [9.17, 15) is 9.18 Å². The summed E-state index contributed by atoms with van der Waals surface area (Å²) in [6.45, 7) is 3.43. The van der Waals surface area contributed by atoms with Crippen molar-refractivity contribution in [2.24, 2.45) is 0 Å². The lowest BCUT2D eigenvalue weighted by Crippen LogP contribution is -2.22. The number of benzene rings is 2. The maximum Gasteiger partial charge on any atom is 0.277 e. The molecular formula is C20H17FN4O3S. The molecule has 9 heteroatoms. The Morgan fingerprint density at radius 1 is 1.24 bits per heavy atom. The summed E-state index contributed by atoms with van der Waals surface area (Å²) in [6, 6.07) is 14.3. The van der Waals surface area contributed by atoms with E-state index >= 15 is 0 Å². The summed E-state index contributed by atoms with van der Waals surface area (Å²) < 4.78 is 24.2. The van der Waals surface area contributed by atoms with E-state index in [1.165, 1.54) is 24.3 Å². The molecule has 148 valence electrons. The number of amides is 1. The van der Waals surface area contributed by atoms with E-state index in [1.807, 2.05) is 6.07 Å². The highest BCUT2D eigenvalue weighted by Crippen LogP contribution is 2.27. The third-order valence-electron chi connectivity index (χ3n) is 3.80. The lowest BCUT2D eigenvalue weighted by Gasteiger charge is -2.11. The SMILES string of the molecule is C[C@@H](Sc1nnc([C@@H](C)Oc2ccc(F)cc2)o1)C(=O)Nc1cccc(C#N)c1. The van der Waals surface area contributed by atoms with E-state index < -0.39 is 11.4 Å². The largest absolute Gasteiger partial charge is 0.481 e. The normalized spacial score (nSPS) is 12.6. The minimum absolute atomic E-state index is 0.225. The number of hydrogen-bond acceptors (Lipinski definition) is 7. The molecular weight excluding hydrogens is 395 g/mol. The fourth-order valence-electron chi connectivity index (χ4n) is 2.32. The van der Waals surface area contributed by atoms with Gasteiger partial charge in [-0.2, -0.15) is 5.26 Å². The van der Waals surface area contributed by atoms with Gasteiger partial charge < -0.3 is 14.5 Å². The van der Waals surface area contributed by atoms with Gasteiger partial charge in [-0.15, -0.1) is 10.2 Å². The molecule has 0 aliphatic carbocycles. The van der Waals surface area contributed by atoms with Crippen LogP contribution < -0.4 is 10.1 Å². The molecule has 2 atom stereocenters. The van der Waals surface area contributed by atoms with Crippen molar-refractivity contribution in [3.63, 3.8) is 0 Å². The number of halogens is 1. The number of carbonyl (C=O) groups excluding carboxylic acids is 1. The number of nitriles is 1. The van der Waals surface area contributed by atoms with Crippen LogP contribution >= 0.6 is 11.8 Å². The maximum atomic E-state index is 13.0. The average molecular weight is 412 g/mol. The van der Waals surface area contributed by atoms with Crippen LogP contribution in [0.4, 0.5) is 10.1 Å². The van der Waals surface area contributed by atoms with Gasteiger partial charge in [-0.05, 0) is 56.3 Å². The second-order valence-corrected chi connectivity index (χ2v) is 7.35. The predicted octanol–water partition coefficient (Wildman–Crippen LogP) is 4.34. The van der Waals surface area contributed by atoms with Crippen LogP contribution in [0, 0.1) is 17.1 Å². The van der Waals surface area contributed by atoms with Gasteiger partial charge in [0.05, 0.1) is 16.9 Å². The van der Waals surface area contributed by atoms with Crippen LogP contribution in [-0.4, -0.2) is 21.4 Å². The summed E-state index contributed by atoms with van der Waals surface area (Å²) in [4.78, 5) is 12.4. The van der Waals surface area contributed by atoms with Crippen molar-refractivity contribution in [3.05, 3.63) is 65.8 Å². The Hall–Kier alpha value is -3.38. The second kappa shape index (κ2) is 9.21. The molecule has 1 N–H and O–H groups in total. The van der Waals surface area contributed by atoms with Crippen molar-refractivity contribution in [2.45, 2.75) is 30.4 Å². The number of nitrogens with one attached hydrogen (secondary N) is 1. The topological polar surface area (TPSA) is 101 Å². The number of ether oxygens (including phenoxy) is 1. The highest BCUT2D eigenvalue weighted by atomic mass is 32.2. The van der Waals surface area contributed by atoms with E-state index in [0.717, 1.165) is 11.8 Å². The van der Waals surface area contributed by atoms with Gasteiger partial charge in [0.25, 0.3) is 11.1 Å². The number of aromatic nitrogens is 2. The predicted molar refractivity (Wildman–Crippen MR) is 105 cm³/mol. The fraction of sp³-hybridized carbons (Fsp3) is 0.200. The Labute approximate surface area is 170 Å². The van der Waals surface area contributed by atoms with Gasteiger partial charge in [-0.25, -0.2) is 4.39 Å². The number of nitrogens with zero attached hydrogens (tertiary/aromatic N) is 3. The van der Waals surface area contributed by atoms with Gasteiger partial charge >= 0.3 is 0 Å². The molecule has 0 spiro atoms. The van der Waals surface area contributed by atoms with Crippen LogP contribution in [0.15, 0.2) is 58.2 Å². The first-order valence-electron chi connectivity index (χ1n) is 8.68. The first-order chi connectivity index (χ1) is 13.9. The van der Waals surface area contributed by atoms with Gasteiger partial charge in [-0.3, -0.25) is 4.79 Å². The zero-order valence-corrected chi connectivity index (χ0v) is 16.4. The molecule has 2 aromatic carbocycles. The van der Waals surface area contributed by atoms with Gasteiger partial charge in [0.2, 0.25) is 5.91 Å². The standard InChI is InChI=1S/C20H17FN4O3S/c1-12(27-17-8-6-15(21)7-9-17)19-24-25-20(28-19)29-13(2)18(26)23-16-5-3-4-14(10-16)11-22/h3-10,12-13H,1-2H3,(H,23,26)/t12-,13-/m1/s1. The highest BCUT2D eigenvalue weighted by molar-refractivity contribution is 8.00. The van der Waals surface area contributed by atoms with E-state index in [-0.39, 0.29) is 22.8 Å². The van der Waals surface area contributed by atoms with Crippen molar-refractivity contribution >= 4 is 23.4 Å². The Balaban J connectivity index is 1.57. The van der Waals surface area contributed by atoms with E-state index in [2.05, 4.69) is 15.5 Å². The molecule has 0 unspecified atom stereocenters. The van der Waals surface area contributed by atoms with E-state index in [4.69, 9.17) is 14.4 Å². The molecule has 0 fully saturated rings. The summed E-state index contributed by atoms with van der Waals surface area (Å²) in [5, 5.41) is 19.3. The van der Waals surface area contributed by atoms with E-state index in [0.29, 0.717) is 17.0 Å². The van der Waals surface area contributed by atoms with Gasteiger partial charge in [0, 0.05) is 5.69 Å². The smallest absolute Gasteiger partial charge is 0.277 e. The van der Waals surface area contributed by atoms with Gasteiger partial charge in [0.15, 0.2) is 6.10 Å². The summed E-state index contributed by atoms with van der Waals surface area (Å²) in [5.41, 5.74) is 0.994. The molecule has 1 heterocycles. The Morgan fingerprint density at radius 2 is 2.00 bits per heavy atom. The summed E-state index contributed by atoms with van der Waals surface area (Å²) in [5.74, 6) is 0.0957.